The molecule has 0 radical (unpaired) electrons. The molecule has 21 heavy (non-hydrogen) atoms. The van der Waals surface area contributed by atoms with Crippen molar-refractivity contribution in [1.82, 2.24) is 5.43 Å². The lowest BCUT2D eigenvalue weighted by Gasteiger charge is -2.10. The predicted octanol–water partition coefficient (Wildman–Crippen LogP) is 5.83. The van der Waals surface area contributed by atoms with Gasteiger partial charge in [-0.25, -0.2) is 5.43 Å². The zero-order valence-corrected chi connectivity index (χ0v) is 14.1. The standard InChI is InChI=1S/C19H34N2/c1-3-4-5-6-7-8-9-10-11-14-17-20-21-19-16-13-12-15-18(19)2/h12-13,15-16,20-21H,3-11,14,17H2,1-2H3. The van der Waals surface area contributed by atoms with Crippen molar-refractivity contribution in [2.24, 2.45) is 0 Å². The highest BCUT2D eigenvalue weighted by molar-refractivity contribution is 5.49. The number of unbranched alkanes of at least 4 members (excludes halogenated alkanes) is 9. The van der Waals surface area contributed by atoms with Crippen LogP contribution in [0.25, 0.3) is 0 Å². The number of hydrogen-bond donors (Lipinski definition) is 2. The maximum Gasteiger partial charge on any atom is 0.0516 e. The molecule has 0 aliphatic rings. The van der Waals surface area contributed by atoms with Crippen LogP contribution in [-0.2, 0) is 0 Å². The van der Waals surface area contributed by atoms with Gasteiger partial charge >= 0.3 is 0 Å². The molecule has 0 atom stereocenters. The van der Waals surface area contributed by atoms with Crippen LogP contribution in [-0.4, -0.2) is 6.54 Å². The molecular weight excluding hydrogens is 256 g/mol. The highest BCUT2D eigenvalue weighted by atomic mass is 15.3. The molecule has 1 aromatic rings. The number of nitrogens with one attached hydrogen (secondary N) is 2. The first-order chi connectivity index (χ1) is 10.3. The van der Waals surface area contributed by atoms with Crippen molar-refractivity contribution in [3.8, 4) is 0 Å². The molecule has 2 heteroatoms. The van der Waals surface area contributed by atoms with Crippen molar-refractivity contribution in [2.45, 2.75) is 78.1 Å². The fraction of sp³-hybridized carbons (Fsp3) is 0.684. The van der Waals surface area contributed by atoms with E-state index in [0.717, 1.165) is 6.54 Å². The van der Waals surface area contributed by atoms with Gasteiger partial charge < -0.3 is 5.43 Å². The van der Waals surface area contributed by atoms with Crippen LogP contribution in [0.1, 0.15) is 76.7 Å². The molecule has 2 N–H and O–H groups in total. The Morgan fingerprint density at radius 2 is 1.33 bits per heavy atom. The zero-order valence-electron chi connectivity index (χ0n) is 14.1. The molecule has 0 saturated heterocycles. The van der Waals surface area contributed by atoms with Crippen LogP contribution in [0, 0.1) is 6.92 Å². The molecule has 1 rings (SSSR count). The summed E-state index contributed by atoms with van der Waals surface area (Å²) in [5.74, 6) is 0. The second-order valence-electron chi connectivity index (χ2n) is 6.05. The van der Waals surface area contributed by atoms with Crippen LogP contribution in [0.5, 0.6) is 0 Å². The average molecular weight is 290 g/mol. The summed E-state index contributed by atoms with van der Waals surface area (Å²) in [6.07, 6.45) is 13.9. The summed E-state index contributed by atoms with van der Waals surface area (Å²) in [7, 11) is 0. The van der Waals surface area contributed by atoms with Gasteiger partial charge in [0.25, 0.3) is 0 Å². The van der Waals surface area contributed by atoms with E-state index in [0.29, 0.717) is 0 Å². The Morgan fingerprint density at radius 1 is 0.762 bits per heavy atom. The smallest absolute Gasteiger partial charge is 0.0516 e. The monoisotopic (exact) mass is 290 g/mol. The van der Waals surface area contributed by atoms with Gasteiger partial charge in [-0.2, -0.15) is 0 Å². The van der Waals surface area contributed by atoms with Gasteiger partial charge in [0.2, 0.25) is 0 Å². The molecule has 0 saturated carbocycles. The van der Waals surface area contributed by atoms with Crippen molar-refractivity contribution in [3.63, 3.8) is 0 Å². The minimum atomic E-state index is 1.05. The van der Waals surface area contributed by atoms with E-state index < -0.39 is 0 Å². The molecule has 2 nitrogen and oxygen atoms in total. The van der Waals surface area contributed by atoms with Crippen LogP contribution < -0.4 is 10.9 Å². The molecule has 0 fully saturated rings. The van der Waals surface area contributed by atoms with Crippen LogP contribution in [0.2, 0.25) is 0 Å². The number of hydrazine groups is 1. The Morgan fingerprint density at radius 3 is 1.95 bits per heavy atom. The first kappa shape index (κ1) is 18.0. The Bertz CT molecular complexity index is 349. The summed E-state index contributed by atoms with van der Waals surface area (Å²) in [6.45, 7) is 5.46. The molecular formula is C19H34N2. The van der Waals surface area contributed by atoms with Gasteiger partial charge in [0.15, 0.2) is 0 Å². The number of aryl methyl sites for hydroxylation is 1. The van der Waals surface area contributed by atoms with E-state index in [1.54, 1.807) is 0 Å². The Balaban J connectivity index is 1.84. The Hall–Kier alpha value is -1.02. The lowest BCUT2D eigenvalue weighted by Crippen LogP contribution is -2.23. The van der Waals surface area contributed by atoms with Crippen molar-refractivity contribution in [3.05, 3.63) is 29.8 Å². The number of benzene rings is 1. The number of anilines is 1. The molecule has 120 valence electrons. The van der Waals surface area contributed by atoms with E-state index in [1.165, 1.54) is 75.5 Å². The fourth-order valence-corrected chi connectivity index (χ4v) is 2.57. The summed E-state index contributed by atoms with van der Waals surface area (Å²) in [5, 5.41) is 0. The molecule has 0 unspecified atom stereocenters. The summed E-state index contributed by atoms with van der Waals surface area (Å²) in [5.41, 5.74) is 9.08. The highest BCUT2D eigenvalue weighted by Gasteiger charge is 1.95. The summed E-state index contributed by atoms with van der Waals surface area (Å²) < 4.78 is 0. The van der Waals surface area contributed by atoms with E-state index in [4.69, 9.17) is 0 Å². The second-order valence-corrected chi connectivity index (χ2v) is 6.05. The highest BCUT2D eigenvalue weighted by Crippen LogP contribution is 2.12. The normalized spacial score (nSPS) is 10.8. The molecule has 0 heterocycles. The quantitative estimate of drug-likeness (QED) is 0.352. The van der Waals surface area contributed by atoms with E-state index >= 15 is 0 Å². The maximum absolute atomic E-state index is 3.32. The van der Waals surface area contributed by atoms with Crippen LogP contribution >= 0.6 is 0 Å². The first-order valence-electron chi connectivity index (χ1n) is 8.89. The van der Waals surface area contributed by atoms with E-state index in [1.807, 2.05) is 0 Å². The summed E-state index contributed by atoms with van der Waals surface area (Å²) >= 11 is 0. The first-order valence-corrected chi connectivity index (χ1v) is 8.89. The second kappa shape index (κ2) is 12.7. The predicted molar refractivity (Wildman–Crippen MR) is 94.6 cm³/mol. The van der Waals surface area contributed by atoms with Crippen LogP contribution in [0.15, 0.2) is 24.3 Å². The van der Waals surface area contributed by atoms with Gasteiger partial charge in [-0.3, -0.25) is 0 Å². The zero-order chi connectivity index (χ0) is 15.2. The largest absolute Gasteiger partial charge is 0.321 e. The van der Waals surface area contributed by atoms with E-state index in [9.17, 15) is 0 Å². The Labute approximate surface area is 131 Å². The number of rotatable bonds is 13. The SMILES string of the molecule is CCCCCCCCCCCCNNc1ccccc1C. The van der Waals surface area contributed by atoms with Crippen molar-refractivity contribution in [2.75, 3.05) is 12.0 Å². The molecule has 0 aromatic heterocycles. The van der Waals surface area contributed by atoms with Crippen LogP contribution in [0.3, 0.4) is 0 Å². The molecule has 0 bridgehead atoms. The van der Waals surface area contributed by atoms with Gasteiger partial charge in [0.05, 0.1) is 5.69 Å². The van der Waals surface area contributed by atoms with Crippen molar-refractivity contribution in [1.29, 1.82) is 0 Å². The lowest BCUT2D eigenvalue weighted by atomic mass is 10.1. The van der Waals surface area contributed by atoms with Gasteiger partial charge in [-0.1, -0.05) is 82.9 Å². The summed E-state index contributed by atoms with van der Waals surface area (Å²) in [4.78, 5) is 0. The van der Waals surface area contributed by atoms with Gasteiger partial charge in [0.1, 0.15) is 0 Å². The minimum Gasteiger partial charge on any atom is -0.321 e. The number of hydrogen-bond acceptors (Lipinski definition) is 2. The topological polar surface area (TPSA) is 24.1 Å². The van der Waals surface area contributed by atoms with E-state index in [-0.39, 0.29) is 0 Å². The van der Waals surface area contributed by atoms with Gasteiger partial charge in [-0.05, 0) is 25.0 Å². The molecule has 0 aliphatic heterocycles. The number of para-hydroxylation sites is 1. The third-order valence-corrected chi connectivity index (χ3v) is 4.02. The van der Waals surface area contributed by atoms with Crippen molar-refractivity contribution < 1.29 is 0 Å². The van der Waals surface area contributed by atoms with Gasteiger partial charge in [-0.15, -0.1) is 0 Å². The van der Waals surface area contributed by atoms with Crippen LogP contribution in [0.4, 0.5) is 5.69 Å². The summed E-state index contributed by atoms with van der Waals surface area (Å²) in [6, 6.07) is 8.38. The molecule has 0 aliphatic carbocycles. The molecule has 1 aromatic carbocycles. The third-order valence-electron chi connectivity index (χ3n) is 4.02. The molecule has 0 amide bonds. The maximum atomic E-state index is 3.32. The third kappa shape index (κ3) is 9.52. The lowest BCUT2D eigenvalue weighted by molar-refractivity contribution is 0.551. The van der Waals surface area contributed by atoms with Crippen molar-refractivity contribution >= 4 is 5.69 Å². The van der Waals surface area contributed by atoms with E-state index in [2.05, 4.69) is 49.0 Å². The molecule has 0 spiro atoms. The van der Waals surface area contributed by atoms with Gasteiger partial charge in [0, 0.05) is 6.54 Å². The minimum absolute atomic E-state index is 1.05. The Kier molecular flexibility index (Phi) is 10.9. The average Bonchev–Trinajstić information content (AvgIpc) is 2.50. The fourth-order valence-electron chi connectivity index (χ4n) is 2.57.